The highest BCUT2D eigenvalue weighted by Crippen LogP contribution is 2.18. The second kappa shape index (κ2) is 3.93. The van der Waals surface area contributed by atoms with Gasteiger partial charge in [-0.25, -0.2) is 9.48 Å². The monoisotopic (exact) mass is 218 g/mol. The van der Waals surface area contributed by atoms with Gasteiger partial charge in [0.25, 0.3) is 0 Å². The standard InChI is InChI=1S/C10H10N4O2/c11-9-8(12-10(15)16)6-14(13-9)7-4-2-1-3-5-7/h1-6,12H,(H2,11,13)(H,15,16). The van der Waals surface area contributed by atoms with E-state index in [4.69, 9.17) is 10.8 Å². The molecule has 16 heavy (non-hydrogen) atoms. The molecule has 0 unspecified atom stereocenters. The minimum absolute atomic E-state index is 0.145. The molecule has 0 saturated carbocycles. The van der Waals surface area contributed by atoms with Crippen LogP contribution in [0.3, 0.4) is 0 Å². The van der Waals surface area contributed by atoms with Crippen LogP contribution in [0.4, 0.5) is 16.3 Å². The number of aromatic nitrogens is 2. The Balaban J connectivity index is 2.34. The number of nitrogens with one attached hydrogen (secondary N) is 1. The van der Waals surface area contributed by atoms with Gasteiger partial charge in [0.2, 0.25) is 0 Å². The molecule has 0 saturated heterocycles. The first-order valence-electron chi connectivity index (χ1n) is 4.57. The van der Waals surface area contributed by atoms with E-state index < -0.39 is 6.09 Å². The van der Waals surface area contributed by atoms with E-state index in [1.165, 1.54) is 10.9 Å². The van der Waals surface area contributed by atoms with Crippen LogP contribution in [-0.4, -0.2) is 21.0 Å². The number of hydrogen-bond acceptors (Lipinski definition) is 3. The summed E-state index contributed by atoms with van der Waals surface area (Å²) in [7, 11) is 0. The Morgan fingerprint density at radius 2 is 2.06 bits per heavy atom. The average Bonchev–Trinajstić information content (AvgIpc) is 2.61. The smallest absolute Gasteiger partial charge is 0.409 e. The molecule has 0 atom stereocenters. The van der Waals surface area contributed by atoms with Crippen molar-refractivity contribution in [1.82, 2.24) is 9.78 Å². The fourth-order valence-electron chi connectivity index (χ4n) is 1.31. The molecular weight excluding hydrogens is 208 g/mol. The lowest BCUT2D eigenvalue weighted by molar-refractivity contribution is 0.210. The lowest BCUT2D eigenvalue weighted by Gasteiger charge is -1.98. The summed E-state index contributed by atoms with van der Waals surface area (Å²) in [5.41, 5.74) is 6.66. The largest absolute Gasteiger partial charge is 0.465 e. The van der Waals surface area contributed by atoms with Crippen LogP contribution < -0.4 is 11.1 Å². The molecule has 6 heteroatoms. The Labute approximate surface area is 91.3 Å². The Morgan fingerprint density at radius 1 is 1.38 bits per heavy atom. The molecule has 1 heterocycles. The molecule has 1 amide bonds. The first-order chi connectivity index (χ1) is 7.66. The number of carbonyl (C=O) groups is 1. The molecule has 4 N–H and O–H groups in total. The van der Waals surface area contributed by atoms with E-state index in [9.17, 15) is 4.79 Å². The van der Waals surface area contributed by atoms with Crippen molar-refractivity contribution in [2.24, 2.45) is 0 Å². The van der Waals surface area contributed by atoms with E-state index in [1.807, 2.05) is 30.3 Å². The number of nitrogen functional groups attached to an aromatic ring is 1. The maximum Gasteiger partial charge on any atom is 0.409 e. The van der Waals surface area contributed by atoms with Crippen LogP contribution in [0.25, 0.3) is 5.69 Å². The number of hydrogen-bond donors (Lipinski definition) is 3. The highest BCUT2D eigenvalue weighted by atomic mass is 16.4. The molecule has 0 fully saturated rings. The first-order valence-corrected chi connectivity index (χ1v) is 4.57. The topological polar surface area (TPSA) is 93.2 Å². The van der Waals surface area contributed by atoms with E-state index in [2.05, 4.69) is 10.4 Å². The van der Waals surface area contributed by atoms with Gasteiger partial charge in [0.05, 0.1) is 11.9 Å². The predicted molar refractivity (Wildman–Crippen MR) is 59.6 cm³/mol. The third-order valence-electron chi connectivity index (χ3n) is 2.01. The highest BCUT2D eigenvalue weighted by molar-refractivity contribution is 5.86. The third kappa shape index (κ3) is 1.95. The van der Waals surface area contributed by atoms with Crippen molar-refractivity contribution in [2.45, 2.75) is 0 Å². The van der Waals surface area contributed by atoms with Gasteiger partial charge in [0.15, 0.2) is 5.82 Å². The van der Waals surface area contributed by atoms with Gasteiger partial charge in [-0.15, -0.1) is 5.10 Å². The molecule has 0 radical (unpaired) electrons. The minimum atomic E-state index is -1.17. The average molecular weight is 218 g/mol. The molecule has 2 rings (SSSR count). The van der Waals surface area contributed by atoms with Crippen molar-refractivity contribution in [3.63, 3.8) is 0 Å². The van der Waals surface area contributed by atoms with Crippen LogP contribution in [0.1, 0.15) is 0 Å². The Kier molecular flexibility index (Phi) is 2.47. The van der Waals surface area contributed by atoms with E-state index in [0.29, 0.717) is 0 Å². The van der Waals surface area contributed by atoms with Crippen molar-refractivity contribution in [2.75, 3.05) is 11.1 Å². The molecule has 0 aliphatic carbocycles. The number of nitrogens with zero attached hydrogens (tertiary/aromatic N) is 2. The number of amides is 1. The van der Waals surface area contributed by atoms with Gasteiger partial charge in [-0.1, -0.05) is 18.2 Å². The summed E-state index contributed by atoms with van der Waals surface area (Å²) in [4.78, 5) is 10.5. The van der Waals surface area contributed by atoms with Crippen LogP contribution in [0.2, 0.25) is 0 Å². The lowest BCUT2D eigenvalue weighted by atomic mass is 10.3. The fourth-order valence-corrected chi connectivity index (χ4v) is 1.31. The zero-order chi connectivity index (χ0) is 11.5. The maximum atomic E-state index is 10.5. The van der Waals surface area contributed by atoms with Crippen LogP contribution in [0.15, 0.2) is 36.5 Å². The first kappa shape index (κ1) is 10.0. The summed E-state index contributed by atoms with van der Waals surface area (Å²) < 4.78 is 1.51. The zero-order valence-corrected chi connectivity index (χ0v) is 8.29. The molecule has 0 spiro atoms. The van der Waals surface area contributed by atoms with Gasteiger partial charge >= 0.3 is 6.09 Å². The van der Waals surface area contributed by atoms with E-state index in [-0.39, 0.29) is 11.5 Å². The molecular formula is C10H10N4O2. The Hall–Kier alpha value is -2.50. The molecule has 6 nitrogen and oxygen atoms in total. The minimum Gasteiger partial charge on any atom is -0.465 e. The molecule has 0 aliphatic heterocycles. The maximum absolute atomic E-state index is 10.5. The summed E-state index contributed by atoms with van der Waals surface area (Å²) in [5, 5.41) is 14.7. The number of anilines is 2. The van der Waals surface area contributed by atoms with Crippen molar-refractivity contribution < 1.29 is 9.90 Å². The summed E-state index contributed by atoms with van der Waals surface area (Å²) in [6.07, 6.45) is 0.359. The fraction of sp³-hybridized carbons (Fsp3) is 0. The van der Waals surface area contributed by atoms with Gasteiger partial charge in [-0.2, -0.15) is 0 Å². The van der Waals surface area contributed by atoms with E-state index >= 15 is 0 Å². The Bertz CT molecular complexity index is 507. The van der Waals surface area contributed by atoms with Gasteiger partial charge in [-0.3, -0.25) is 5.32 Å². The van der Waals surface area contributed by atoms with Crippen LogP contribution >= 0.6 is 0 Å². The molecule has 2 aromatic rings. The summed E-state index contributed by atoms with van der Waals surface area (Å²) >= 11 is 0. The van der Waals surface area contributed by atoms with Gasteiger partial charge < -0.3 is 10.8 Å². The van der Waals surface area contributed by atoms with E-state index in [0.717, 1.165) is 5.69 Å². The predicted octanol–water partition coefficient (Wildman–Crippen LogP) is 1.54. The van der Waals surface area contributed by atoms with E-state index in [1.54, 1.807) is 0 Å². The SMILES string of the molecule is Nc1nn(-c2ccccc2)cc1NC(=O)O. The van der Waals surface area contributed by atoms with Crippen molar-refractivity contribution in [1.29, 1.82) is 0 Å². The molecule has 82 valence electrons. The summed E-state index contributed by atoms with van der Waals surface area (Å²) in [6, 6.07) is 9.29. The molecule has 1 aromatic carbocycles. The van der Waals surface area contributed by atoms with Gasteiger partial charge in [-0.05, 0) is 12.1 Å². The van der Waals surface area contributed by atoms with Crippen molar-refractivity contribution in [3.8, 4) is 5.69 Å². The highest BCUT2D eigenvalue weighted by Gasteiger charge is 2.08. The zero-order valence-electron chi connectivity index (χ0n) is 8.29. The molecule has 0 bridgehead atoms. The third-order valence-corrected chi connectivity index (χ3v) is 2.01. The second-order valence-electron chi connectivity index (χ2n) is 3.14. The number of carboxylic acid groups (broad SMARTS) is 1. The number of rotatable bonds is 2. The Morgan fingerprint density at radius 3 is 2.69 bits per heavy atom. The number of benzene rings is 1. The van der Waals surface area contributed by atoms with Crippen LogP contribution in [-0.2, 0) is 0 Å². The van der Waals surface area contributed by atoms with Crippen molar-refractivity contribution >= 4 is 17.6 Å². The molecule has 1 aromatic heterocycles. The van der Waals surface area contributed by atoms with Crippen LogP contribution in [0, 0.1) is 0 Å². The normalized spacial score (nSPS) is 10.0. The number of nitrogens with two attached hydrogens (primary N) is 1. The summed E-state index contributed by atoms with van der Waals surface area (Å²) in [5.74, 6) is 0.145. The lowest BCUT2D eigenvalue weighted by Crippen LogP contribution is -2.07. The quantitative estimate of drug-likeness (QED) is 0.712. The second-order valence-corrected chi connectivity index (χ2v) is 3.14. The summed E-state index contributed by atoms with van der Waals surface area (Å²) in [6.45, 7) is 0. The van der Waals surface area contributed by atoms with Gasteiger partial charge in [0, 0.05) is 0 Å². The van der Waals surface area contributed by atoms with Gasteiger partial charge in [0.1, 0.15) is 5.69 Å². The number of para-hydroxylation sites is 1. The molecule has 0 aliphatic rings. The van der Waals surface area contributed by atoms with Crippen LogP contribution in [0.5, 0.6) is 0 Å². The van der Waals surface area contributed by atoms with Crippen molar-refractivity contribution in [3.05, 3.63) is 36.5 Å².